The predicted molar refractivity (Wildman–Crippen MR) is 70.1 cm³/mol. The van der Waals surface area contributed by atoms with E-state index in [1.54, 1.807) is 11.3 Å². The topological polar surface area (TPSA) is 24.9 Å². The maximum atomic E-state index is 4.50. The number of aromatic nitrogens is 1. The van der Waals surface area contributed by atoms with Crippen LogP contribution in [0.1, 0.15) is 21.1 Å². The number of rotatable bonds is 3. The van der Waals surface area contributed by atoms with Gasteiger partial charge in [-0.3, -0.25) is 0 Å². The van der Waals surface area contributed by atoms with Gasteiger partial charge in [0.05, 0.1) is 12.2 Å². The second-order valence-corrected chi connectivity index (χ2v) is 5.26. The second kappa shape index (κ2) is 4.66. The summed E-state index contributed by atoms with van der Waals surface area (Å²) in [6.07, 6.45) is 0. The Morgan fingerprint density at radius 1 is 1.12 bits per heavy atom. The van der Waals surface area contributed by atoms with E-state index in [2.05, 4.69) is 55.3 Å². The zero-order chi connectivity index (χ0) is 11.5. The number of anilines is 1. The fraction of sp³-hybridized carbons (Fsp3) is 0.308. The lowest BCUT2D eigenvalue weighted by Crippen LogP contribution is -1.98. The maximum absolute atomic E-state index is 4.50. The SMILES string of the molecule is Cc1ccc(NCc2nc(C)c(C)s2)cc1. The normalized spacial score (nSPS) is 10.4. The van der Waals surface area contributed by atoms with Crippen molar-refractivity contribution in [3.8, 4) is 0 Å². The summed E-state index contributed by atoms with van der Waals surface area (Å²) in [5.74, 6) is 0. The first kappa shape index (κ1) is 11.1. The van der Waals surface area contributed by atoms with E-state index in [1.807, 2.05) is 0 Å². The summed E-state index contributed by atoms with van der Waals surface area (Å²) in [6, 6.07) is 8.42. The fourth-order valence-electron chi connectivity index (χ4n) is 1.46. The van der Waals surface area contributed by atoms with E-state index in [0.717, 1.165) is 22.9 Å². The Labute approximate surface area is 100 Å². The van der Waals surface area contributed by atoms with E-state index in [-0.39, 0.29) is 0 Å². The third-order valence-electron chi connectivity index (χ3n) is 2.57. The summed E-state index contributed by atoms with van der Waals surface area (Å²) >= 11 is 1.76. The standard InChI is InChI=1S/C13H16N2S/c1-9-4-6-12(7-5-9)14-8-13-15-10(2)11(3)16-13/h4-7,14H,8H2,1-3H3. The smallest absolute Gasteiger partial charge is 0.112 e. The van der Waals surface area contributed by atoms with Gasteiger partial charge in [0.25, 0.3) is 0 Å². The van der Waals surface area contributed by atoms with E-state index >= 15 is 0 Å². The predicted octanol–water partition coefficient (Wildman–Crippen LogP) is 3.68. The van der Waals surface area contributed by atoms with Crippen LogP contribution in [0.3, 0.4) is 0 Å². The molecule has 0 spiro atoms. The van der Waals surface area contributed by atoms with E-state index < -0.39 is 0 Å². The minimum absolute atomic E-state index is 0.808. The van der Waals surface area contributed by atoms with Crippen LogP contribution in [0.15, 0.2) is 24.3 Å². The Bertz CT molecular complexity index is 452. The van der Waals surface area contributed by atoms with Crippen molar-refractivity contribution in [2.75, 3.05) is 5.32 Å². The van der Waals surface area contributed by atoms with Crippen LogP contribution < -0.4 is 5.32 Å². The van der Waals surface area contributed by atoms with Crippen molar-refractivity contribution in [2.24, 2.45) is 0 Å². The molecule has 0 saturated carbocycles. The average Bonchev–Trinajstić information content (AvgIpc) is 2.58. The van der Waals surface area contributed by atoms with Gasteiger partial charge in [-0.1, -0.05) is 17.7 Å². The van der Waals surface area contributed by atoms with Gasteiger partial charge >= 0.3 is 0 Å². The van der Waals surface area contributed by atoms with Crippen molar-refractivity contribution in [2.45, 2.75) is 27.3 Å². The molecule has 0 aliphatic rings. The minimum Gasteiger partial charge on any atom is -0.379 e. The molecule has 0 atom stereocenters. The summed E-state index contributed by atoms with van der Waals surface area (Å²) in [6.45, 7) is 7.07. The Hall–Kier alpha value is -1.35. The van der Waals surface area contributed by atoms with Gasteiger partial charge < -0.3 is 5.32 Å². The van der Waals surface area contributed by atoms with Crippen LogP contribution in [0.4, 0.5) is 5.69 Å². The molecular weight excluding hydrogens is 216 g/mol. The molecule has 0 saturated heterocycles. The molecule has 1 aromatic heterocycles. The quantitative estimate of drug-likeness (QED) is 0.873. The average molecular weight is 232 g/mol. The van der Waals surface area contributed by atoms with Crippen LogP contribution in [0.2, 0.25) is 0 Å². The third-order valence-corrected chi connectivity index (χ3v) is 3.64. The van der Waals surface area contributed by atoms with E-state index in [9.17, 15) is 0 Å². The summed E-state index contributed by atoms with van der Waals surface area (Å²) in [5, 5.41) is 4.53. The Morgan fingerprint density at radius 2 is 1.81 bits per heavy atom. The van der Waals surface area contributed by atoms with Crippen LogP contribution in [-0.2, 0) is 6.54 Å². The summed E-state index contributed by atoms with van der Waals surface area (Å²) in [4.78, 5) is 5.81. The Morgan fingerprint density at radius 3 is 2.38 bits per heavy atom. The lowest BCUT2D eigenvalue weighted by atomic mass is 10.2. The number of nitrogens with zero attached hydrogens (tertiary/aromatic N) is 1. The van der Waals surface area contributed by atoms with Crippen LogP contribution >= 0.6 is 11.3 Å². The molecule has 84 valence electrons. The molecule has 1 aromatic carbocycles. The van der Waals surface area contributed by atoms with Crippen molar-refractivity contribution in [1.29, 1.82) is 0 Å². The largest absolute Gasteiger partial charge is 0.379 e. The molecule has 0 bridgehead atoms. The molecular formula is C13H16N2S. The van der Waals surface area contributed by atoms with Crippen molar-refractivity contribution in [3.63, 3.8) is 0 Å². The number of hydrogen-bond acceptors (Lipinski definition) is 3. The van der Waals surface area contributed by atoms with Gasteiger partial charge in [0.2, 0.25) is 0 Å². The highest BCUT2D eigenvalue weighted by Gasteiger charge is 2.02. The van der Waals surface area contributed by atoms with Gasteiger partial charge in [0, 0.05) is 10.6 Å². The highest BCUT2D eigenvalue weighted by molar-refractivity contribution is 7.11. The Balaban J connectivity index is 1.99. The van der Waals surface area contributed by atoms with Crippen molar-refractivity contribution < 1.29 is 0 Å². The third kappa shape index (κ3) is 2.61. The van der Waals surface area contributed by atoms with Gasteiger partial charge in [0.1, 0.15) is 5.01 Å². The molecule has 0 fully saturated rings. The summed E-state index contributed by atoms with van der Waals surface area (Å²) < 4.78 is 0. The lowest BCUT2D eigenvalue weighted by molar-refractivity contribution is 1.07. The number of aryl methyl sites for hydroxylation is 3. The molecule has 0 unspecified atom stereocenters. The molecule has 0 aliphatic heterocycles. The molecule has 2 rings (SSSR count). The number of benzene rings is 1. The molecule has 2 aromatic rings. The van der Waals surface area contributed by atoms with E-state index in [4.69, 9.17) is 0 Å². The molecule has 0 radical (unpaired) electrons. The fourth-order valence-corrected chi connectivity index (χ4v) is 2.34. The van der Waals surface area contributed by atoms with Gasteiger partial charge in [-0.25, -0.2) is 4.98 Å². The summed E-state index contributed by atoms with van der Waals surface area (Å²) in [5.41, 5.74) is 3.58. The zero-order valence-electron chi connectivity index (χ0n) is 9.87. The first-order valence-corrected chi connectivity index (χ1v) is 6.20. The first-order chi connectivity index (χ1) is 7.65. The lowest BCUT2D eigenvalue weighted by Gasteiger charge is -2.03. The number of nitrogens with one attached hydrogen (secondary N) is 1. The molecule has 2 nitrogen and oxygen atoms in total. The molecule has 0 aliphatic carbocycles. The molecule has 0 amide bonds. The van der Waals surface area contributed by atoms with Crippen LogP contribution in [-0.4, -0.2) is 4.98 Å². The van der Waals surface area contributed by atoms with Gasteiger partial charge in [-0.15, -0.1) is 11.3 Å². The zero-order valence-corrected chi connectivity index (χ0v) is 10.7. The van der Waals surface area contributed by atoms with Crippen molar-refractivity contribution in [3.05, 3.63) is 45.4 Å². The highest BCUT2D eigenvalue weighted by Crippen LogP contribution is 2.18. The van der Waals surface area contributed by atoms with Crippen molar-refractivity contribution >= 4 is 17.0 Å². The van der Waals surface area contributed by atoms with Gasteiger partial charge in [-0.2, -0.15) is 0 Å². The van der Waals surface area contributed by atoms with Crippen LogP contribution in [0.25, 0.3) is 0 Å². The van der Waals surface area contributed by atoms with E-state index in [1.165, 1.54) is 10.4 Å². The Kier molecular flexibility index (Phi) is 3.25. The number of thiazole rings is 1. The molecule has 1 heterocycles. The molecule has 3 heteroatoms. The number of hydrogen-bond donors (Lipinski definition) is 1. The van der Waals surface area contributed by atoms with Crippen LogP contribution in [0.5, 0.6) is 0 Å². The van der Waals surface area contributed by atoms with Gasteiger partial charge in [-0.05, 0) is 32.9 Å². The second-order valence-electron chi connectivity index (χ2n) is 3.97. The van der Waals surface area contributed by atoms with Crippen molar-refractivity contribution in [1.82, 2.24) is 4.98 Å². The monoisotopic (exact) mass is 232 g/mol. The summed E-state index contributed by atoms with van der Waals surface area (Å²) in [7, 11) is 0. The molecule has 1 N–H and O–H groups in total. The van der Waals surface area contributed by atoms with Gasteiger partial charge in [0.15, 0.2) is 0 Å². The first-order valence-electron chi connectivity index (χ1n) is 5.38. The minimum atomic E-state index is 0.808. The highest BCUT2D eigenvalue weighted by atomic mass is 32.1. The maximum Gasteiger partial charge on any atom is 0.112 e. The van der Waals surface area contributed by atoms with E-state index in [0.29, 0.717) is 0 Å². The molecule has 16 heavy (non-hydrogen) atoms. The van der Waals surface area contributed by atoms with Crippen LogP contribution in [0, 0.1) is 20.8 Å².